The summed E-state index contributed by atoms with van der Waals surface area (Å²) in [6.07, 6.45) is -1.63. The van der Waals surface area contributed by atoms with Gasteiger partial charge in [0.2, 0.25) is 11.8 Å². The number of alkyl carbamates (subject to hydrolysis) is 1. The first kappa shape index (κ1) is 32.3. The average molecular weight is 556 g/mol. The Morgan fingerprint density at radius 1 is 0.850 bits per heavy atom. The van der Waals surface area contributed by atoms with Crippen LogP contribution < -0.4 is 16.0 Å². The van der Waals surface area contributed by atoms with Gasteiger partial charge in [-0.2, -0.15) is 0 Å². The number of rotatable bonds is 12. The van der Waals surface area contributed by atoms with Crippen molar-refractivity contribution in [3.8, 4) is 0 Å². The molecule has 40 heavy (non-hydrogen) atoms. The lowest BCUT2D eigenvalue weighted by atomic mass is 9.95. The van der Waals surface area contributed by atoms with Crippen LogP contribution in [0.3, 0.4) is 0 Å². The highest BCUT2D eigenvalue weighted by molar-refractivity contribution is 5.93. The molecule has 0 radical (unpaired) electrons. The second-order valence-electron chi connectivity index (χ2n) is 10.6. The third kappa shape index (κ3) is 10.00. The maximum Gasteiger partial charge on any atom is 0.408 e. The molecule has 0 saturated heterocycles. The Morgan fingerprint density at radius 3 is 1.93 bits per heavy atom. The third-order valence-electron chi connectivity index (χ3n) is 6.29. The van der Waals surface area contributed by atoms with Crippen LogP contribution in [-0.2, 0) is 30.3 Å². The van der Waals surface area contributed by atoms with Gasteiger partial charge in [-0.25, -0.2) is 9.59 Å². The van der Waals surface area contributed by atoms with Crippen LogP contribution in [0.25, 0.3) is 0 Å². The Bertz CT molecular complexity index is 1120. The lowest BCUT2D eigenvalue weighted by molar-refractivity contribution is -0.145. The number of aliphatic hydroxyl groups excluding tert-OH is 1. The van der Waals surface area contributed by atoms with E-state index in [2.05, 4.69) is 16.0 Å². The van der Waals surface area contributed by atoms with Crippen LogP contribution in [0, 0.1) is 5.92 Å². The molecule has 0 saturated carbocycles. The lowest BCUT2D eigenvalue weighted by Crippen LogP contribution is -2.59. The van der Waals surface area contributed by atoms with Gasteiger partial charge < -0.3 is 30.5 Å². The van der Waals surface area contributed by atoms with E-state index in [1.54, 1.807) is 58.0 Å². The summed E-state index contributed by atoms with van der Waals surface area (Å²) in [4.78, 5) is 52.1. The van der Waals surface area contributed by atoms with Gasteiger partial charge >= 0.3 is 12.1 Å². The number of ether oxygens (including phenoxy) is 2. The molecule has 10 nitrogen and oxygen atoms in total. The number of amides is 3. The van der Waals surface area contributed by atoms with Crippen LogP contribution in [0.15, 0.2) is 60.7 Å². The molecule has 0 bridgehead atoms. The first-order valence-corrected chi connectivity index (χ1v) is 13.3. The molecule has 4 N–H and O–H groups in total. The maximum absolute atomic E-state index is 13.5. The first-order valence-electron chi connectivity index (χ1n) is 13.3. The van der Waals surface area contributed by atoms with Gasteiger partial charge in [-0.05, 0) is 37.8 Å². The molecule has 10 heteroatoms. The Kier molecular flexibility index (Phi) is 12.1. The standard InChI is InChI=1S/C30H41N3O7/c1-7-19(2)23(26(35)31-22(28(37)39-6)18-20-14-10-8-11-15-20)32-27(36)24(33-29(38)40-30(3,4)5)25(34)21-16-12-9-13-17-21/h8-17,19,22-25,34H,7,18H2,1-6H3,(H,31,35)(H,32,36)(H,33,38)/t19-,22-,23-,24+,25+/m1/s1. The van der Waals surface area contributed by atoms with Crippen molar-refractivity contribution in [3.05, 3.63) is 71.8 Å². The van der Waals surface area contributed by atoms with Gasteiger partial charge in [0, 0.05) is 6.42 Å². The summed E-state index contributed by atoms with van der Waals surface area (Å²) in [6, 6.07) is 14.0. The van der Waals surface area contributed by atoms with Crippen LogP contribution in [0.2, 0.25) is 0 Å². The molecule has 5 atom stereocenters. The summed E-state index contributed by atoms with van der Waals surface area (Å²) >= 11 is 0. The van der Waals surface area contributed by atoms with E-state index in [0.29, 0.717) is 12.0 Å². The van der Waals surface area contributed by atoms with Gasteiger partial charge in [-0.15, -0.1) is 0 Å². The Balaban J connectivity index is 2.30. The molecule has 0 unspecified atom stereocenters. The Morgan fingerprint density at radius 2 is 1.40 bits per heavy atom. The molecule has 2 aromatic carbocycles. The van der Waals surface area contributed by atoms with Crippen molar-refractivity contribution < 1.29 is 33.8 Å². The zero-order chi connectivity index (χ0) is 29.9. The van der Waals surface area contributed by atoms with Crippen molar-refractivity contribution in [2.24, 2.45) is 5.92 Å². The predicted octanol–water partition coefficient (Wildman–Crippen LogP) is 3.04. The largest absolute Gasteiger partial charge is 0.467 e. The normalized spacial score (nSPS) is 15.0. The minimum absolute atomic E-state index is 0.190. The topological polar surface area (TPSA) is 143 Å². The second-order valence-corrected chi connectivity index (χ2v) is 10.6. The molecule has 2 rings (SSSR count). The van der Waals surface area contributed by atoms with E-state index in [1.165, 1.54) is 7.11 Å². The molecule has 218 valence electrons. The highest BCUT2D eigenvalue weighted by Crippen LogP contribution is 2.19. The van der Waals surface area contributed by atoms with Gasteiger partial charge in [0.05, 0.1) is 7.11 Å². The zero-order valence-corrected chi connectivity index (χ0v) is 24.0. The minimum Gasteiger partial charge on any atom is -0.467 e. The van der Waals surface area contributed by atoms with Crippen molar-refractivity contribution >= 4 is 23.9 Å². The molecule has 0 aromatic heterocycles. The van der Waals surface area contributed by atoms with E-state index in [0.717, 1.165) is 5.56 Å². The Hall–Kier alpha value is -3.92. The summed E-state index contributed by atoms with van der Waals surface area (Å²) in [5.41, 5.74) is 0.357. The van der Waals surface area contributed by atoms with Crippen molar-refractivity contribution in [2.45, 2.75) is 77.3 Å². The number of hydrogen-bond donors (Lipinski definition) is 4. The molecular weight excluding hydrogens is 514 g/mol. The fourth-order valence-corrected chi connectivity index (χ4v) is 3.96. The van der Waals surface area contributed by atoms with Gasteiger partial charge in [0.1, 0.15) is 29.8 Å². The Labute approximate surface area is 235 Å². The number of benzene rings is 2. The van der Waals surface area contributed by atoms with Crippen LogP contribution in [0.4, 0.5) is 4.79 Å². The van der Waals surface area contributed by atoms with Crippen LogP contribution in [0.1, 0.15) is 58.3 Å². The highest BCUT2D eigenvalue weighted by atomic mass is 16.6. The van der Waals surface area contributed by atoms with Crippen LogP contribution >= 0.6 is 0 Å². The minimum atomic E-state index is -1.47. The molecule has 0 aliphatic rings. The number of carbonyl (C=O) groups is 4. The van der Waals surface area contributed by atoms with Crippen molar-refractivity contribution in [1.82, 2.24) is 16.0 Å². The monoisotopic (exact) mass is 555 g/mol. The van der Waals surface area contributed by atoms with E-state index < -0.39 is 53.7 Å². The van der Waals surface area contributed by atoms with E-state index >= 15 is 0 Å². The molecule has 3 amide bonds. The number of esters is 1. The molecule has 0 fully saturated rings. The van der Waals surface area contributed by atoms with Gasteiger partial charge in [-0.3, -0.25) is 9.59 Å². The highest BCUT2D eigenvalue weighted by Gasteiger charge is 2.36. The molecule has 0 heterocycles. The molecule has 2 aromatic rings. The van der Waals surface area contributed by atoms with Gasteiger partial charge in [0.15, 0.2) is 0 Å². The summed E-state index contributed by atoms with van der Waals surface area (Å²) in [6.45, 7) is 8.65. The van der Waals surface area contributed by atoms with Crippen molar-refractivity contribution in [2.75, 3.05) is 7.11 Å². The summed E-state index contributed by atoms with van der Waals surface area (Å²) in [5.74, 6) is -2.37. The molecule has 0 aliphatic heterocycles. The van der Waals surface area contributed by atoms with E-state index in [1.807, 2.05) is 37.3 Å². The van der Waals surface area contributed by atoms with E-state index in [-0.39, 0.29) is 12.3 Å². The fraction of sp³-hybridized carbons (Fsp3) is 0.467. The van der Waals surface area contributed by atoms with Crippen molar-refractivity contribution in [1.29, 1.82) is 0 Å². The van der Waals surface area contributed by atoms with Gasteiger partial charge in [0.25, 0.3) is 0 Å². The van der Waals surface area contributed by atoms with E-state index in [4.69, 9.17) is 9.47 Å². The second kappa shape index (κ2) is 15.0. The molecular formula is C30H41N3O7. The molecule has 0 aliphatic carbocycles. The van der Waals surface area contributed by atoms with Crippen LogP contribution in [-0.4, -0.2) is 59.8 Å². The SMILES string of the molecule is CC[C@@H](C)[C@@H](NC(=O)[C@@H](NC(=O)OC(C)(C)C)[C@@H](O)c1ccccc1)C(=O)N[C@H](Cc1ccccc1)C(=O)OC. The van der Waals surface area contributed by atoms with Gasteiger partial charge in [-0.1, -0.05) is 80.9 Å². The van der Waals surface area contributed by atoms with E-state index in [9.17, 15) is 24.3 Å². The average Bonchev–Trinajstić information content (AvgIpc) is 2.92. The quantitative estimate of drug-likeness (QED) is 0.295. The number of nitrogens with one attached hydrogen (secondary N) is 3. The summed E-state index contributed by atoms with van der Waals surface area (Å²) in [5, 5.41) is 18.9. The summed E-state index contributed by atoms with van der Waals surface area (Å²) < 4.78 is 10.2. The summed E-state index contributed by atoms with van der Waals surface area (Å²) in [7, 11) is 1.23. The van der Waals surface area contributed by atoms with Crippen molar-refractivity contribution in [3.63, 3.8) is 0 Å². The fourth-order valence-electron chi connectivity index (χ4n) is 3.96. The predicted molar refractivity (Wildman–Crippen MR) is 150 cm³/mol. The third-order valence-corrected chi connectivity index (χ3v) is 6.29. The first-order chi connectivity index (χ1) is 18.9. The molecule has 0 spiro atoms. The number of methoxy groups -OCH3 is 1. The van der Waals surface area contributed by atoms with Crippen LogP contribution in [0.5, 0.6) is 0 Å². The maximum atomic E-state index is 13.5. The number of hydrogen-bond acceptors (Lipinski definition) is 7. The zero-order valence-electron chi connectivity index (χ0n) is 24.0. The number of aliphatic hydroxyl groups is 1. The number of carbonyl (C=O) groups excluding carboxylic acids is 4. The smallest absolute Gasteiger partial charge is 0.408 e. The lowest BCUT2D eigenvalue weighted by Gasteiger charge is -2.30.